The zero-order valence-electron chi connectivity index (χ0n) is 8.50. The number of benzene rings is 2. The molecule has 0 aliphatic rings. The van der Waals surface area contributed by atoms with Crippen molar-refractivity contribution in [2.45, 2.75) is 6.92 Å². The lowest BCUT2D eigenvalue weighted by atomic mass is 10.0. The maximum absolute atomic E-state index is 6.11. The molecule has 0 aliphatic heterocycles. The minimum Gasteiger partial charge on any atom is -0.398 e. The topological polar surface area (TPSA) is 26.0 Å². The van der Waals surface area contributed by atoms with Crippen molar-refractivity contribution < 1.29 is 0 Å². The van der Waals surface area contributed by atoms with Gasteiger partial charge in [-0.3, -0.25) is 0 Å². The number of nitrogen functional groups attached to an aromatic ring is 1. The zero-order valence-corrected chi connectivity index (χ0v) is 9.25. The Balaban J connectivity index is 2.55. The Kier molecular flexibility index (Phi) is 2.65. The van der Waals surface area contributed by atoms with Crippen LogP contribution in [0.4, 0.5) is 5.69 Å². The van der Waals surface area contributed by atoms with Crippen LogP contribution in [0.15, 0.2) is 42.5 Å². The average molecular weight is 218 g/mol. The molecule has 0 bridgehead atoms. The van der Waals surface area contributed by atoms with Crippen molar-refractivity contribution in [3.05, 3.63) is 53.1 Å². The van der Waals surface area contributed by atoms with Gasteiger partial charge in [0.1, 0.15) is 0 Å². The van der Waals surface area contributed by atoms with Crippen LogP contribution in [-0.2, 0) is 0 Å². The second kappa shape index (κ2) is 3.95. The molecule has 0 spiro atoms. The Labute approximate surface area is 94.5 Å². The van der Waals surface area contributed by atoms with Crippen LogP contribution >= 0.6 is 11.6 Å². The molecule has 0 atom stereocenters. The maximum atomic E-state index is 6.11. The van der Waals surface area contributed by atoms with Crippen molar-refractivity contribution >= 4 is 17.3 Å². The van der Waals surface area contributed by atoms with E-state index < -0.39 is 0 Å². The minimum absolute atomic E-state index is 0.751. The number of nitrogens with two attached hydrogens (primary N) is 1. The van der Waals surface area contributed by atoms with Crippen molar-refractivity contribution in [2.24, 2.45) is 0 Å². The Bertz CT molecular complexity index is 492. The Morgan fingerprint density at radius 2 is 1.80 bits per heavy atom. The van der Waals surface area contributed by atoms with Gasteiger partial charge in [0.05, 0.1) is 0 Å². The molecule has 76 valence electrons. The number of anilines is 1. The largest absolute Gasteiger partial charge is 0.398 e. The molecule has 0 unspecified atom stereocenters. The summed E-state index contributed by atoms with van der Waals surface area (Å²) < 4.78 is 0. The van der Waals surface area contributed by atoms with Crippen molar-refractivity contribution in [3.63, 3.8) is 0 Å². The molecule has 2 rings (SSSR count). The summed E-state index contributed by atoms with van der Waals surface area (Å²) in [7, 11) is 0. The normalized spacial score (nSPS) is 10.3. The molecule has 1 nitrogen and oxygen atoms in total. The lowest BCUT2D eigenvalue weighted by Crippen LogP contribution is -1.90. The van der Waals surface area contributed by atoms with Gasteiger partial charge in [-0.2, -0.15) is 0 Å². The van der Waals surface area contributed by atoms with Crippen LogP contribution in [-0.4, -0.2) is 0 Å². The Morgan fingerprint density at radius 1 is 1.07 bits per heavy atom. The standard InChI is InChI=1S/C13H12ClN/c1-9-6-7-10(8-13(9)15)11-4-2-3-5-12(11)14/h2-8H,15H2,1H3. The van der Waals surface area contributed by atoms with Gasteiger partial charge in [-0.05, 0) is 30.2 Å². The fourth-order valence-electron chi connectivity index (χ4n) is 1.50. The van der Waals surface area contributed by atoms with E-state index >= 15 is 0 Å². The molecule has 0 saturated heterocycles. The number of rotatable bonds is 1. The van der Waals surface area contributed by atoms with E-state index in [4.69, 9.17) is 17.3 Å². The summed E-state index contributed by atoms with van der Waals surface area (Å²) in [6.45, 7) is 1.99. The number of hydrogen-bond donors (Lipinski definition) is 1. The van der Waals surface area contributed by atoms with Crippen molar-refractivity contribution in [1.29, 1.82) is 0 Å². The van der Waals surface area contributed by atoms with E-state index in [9.17, 15) is 0 Å². The molecule has 0 saturated carbocycles. The molecular formula is C13H12ClN. The van der Waals surface area contributed by atoms with E-state index in [1.54, 1.807) is 0 Å². The zero-order chi connectivity index (χ0) is 10.8. The lowest BCUT2D eigenvalue weighted by Gasteiger charge is -2.06. The van der Waals surface area contributed by atoms with Crippen LogP contribution in [0.3, 0.4) is 0 Å². The summed E-state index contributed by atoms with van der Waals surface area (Å²) in [5.74, 6) is 0. The van der Waals surface area contributed by atoms with Crippen LogP contribution in [0.25, 0.3) is 11.1 Å². The predicted octanol–water partition coefficient (Wildman–Crippen LogP) is 3.90. The number of aryl methyl sites for hydroxylation is 1. The third-order valence-corrected chi connectivity index (χ3v) is 2.79. The molecule has 15 heavy (non-hydrogen) atoms. The molecule has 2 aromatic rings. The number of halogens is 1. The van der Waals surface area contributed by atoms with Gasteiger partial charge in [-0.1, -0.05) is 41.9 Å². The highest BCUT2D eigenvalue weighted by Crippen LogP contribution is 2.29. The fraction of sp³-hybridized carbons (Fsp3) is 0.0769. The SMILES string of the molecule is Cc1ccc(-c2ccccc2Cl)cc1N. The van der Waals surface area contributed by atoms with Crippen molar-refractivity contribution in [1.82, 2.24) is 0 Å². The first kappa shape index (κ1) is 10.1. The molecule has 2 N–H and O–H groups in total. The highest BCUT2D eigenvalue weighted by molar-refractivity contribution is 6.33. The monoisotopic (exact) mass is 217 g/mol. The van der Waals surface area contributed by atoms with E-state index in [2.05, 4.69) is 0 Å². The van der Waals surface area contributed by atoms with Gasteiger partial charge >= 0.3 is 0 Å². The summed E-state index contributed by atoms with van der Waals surface area (Å²) in [6, 6.07) is 13.8. The molecule has 0 amide bonds. The van der Waals surface area contributed by atoms with Gasteiger partial charge in [0, 0.05) is 16.3 Å². The van der Waals surface area contributed by atoms with Gasteiger partial charge < -0.3 is 5.73 Å². The minimum atomic E-state index is 0.751. The molecule has 2 aromatic carbocycles. The van der Waals surface area contributed by atoms with Gasteiger partial charge in [0.2, 0.25) is 0 Å². The van der Waals surface area contributed by atoms with Crippen LogP contribution in [0.1, 0.15) is 5.56 Å². The molecule has 0 radical (unpaired) electrons. The van der Waals surface area contributed by atoms with E-state index in [1.165, 1.54) is 0 Å². The first-order valence-corrected chi connectivity index (χ1v) is 5.17. The predicted molar refractivity (Wildman–Crippen MR) is 66.0 cm³/mol. The highest BCUT2D eigenvalue weighted by atomic mass is 35.5. The van der Waals surface area contributed by atoms with Gasteiger partial charge in [-0.25, -0.2) is 0 Å². The van der Waals surface area contributed by atoms with Crippen LogP contribution in [0, 0.1) is 6.92 Å². The Morgan fingerprint density at radius 3 is 2.47 bits per heavy atom. The maximum Gasteiger partial charge on any atom is 0.0484 e. The van der Waals surface area contributed by atoms with Crippen LogP contribution < -0.4 is 5.73 Å². The van der Waals surface area contributed by atoms with Crippen molar-refractivity contribution in [3.8, 4) is 11.1 Å². The molecule has 0 heterocycles. The molecule has 0 aliphatic carbocycles. The molecule has 0 aromatic heterocycles. The number of hydrogen-bond acceptors (Lipinski definition) is 1. The first-order chi connectivity index (χ1) is 7.18. The smallest absolute Gasteiger partial charge is 0.0484 e. The van der Waals surface area contributed by atoms with E-state index in [0.717, 1.165) is 27.4 Å². The fourth-order valence-corrected chi connectivity index (χ4v) is 1.75. The second-order valence-electron chi connectivity index (χ2n) is 3.55. The summed E-state index contributed by atoms with van der Waals surface area (Å²) in [6.07, 6.45) is 0. The van der Waals surface area contributed by atoms with Crippen LogP contribution in [0.2, 0.25) is 5.02 Å². The van der Waals surface area contributed by atoms with Gasteiger partial charge in [-0.15, -0.1) is 0 Å². The Hall–Kier alpha value is -1.47. The summed E-state index contributed by atoms with van der Waals surface area (Å²) in [5, 5.41) is 0.751. The summed E-state index contributed by atoms with van der Waals surface area (Å²) >= 11 is 6.11. The molecule has 2 heteroatoms. The van der Waals surface area contributed by atoms with Crippen molar-refractivity contribution in [2.75, 3.05) is 5.73 Å². The average Bonchev–Trinajstić information content (AvgIpc) is 2.23. The second-order valence-corrected chi connectivity index (χ2v) is 3.96. The van der Waals surface area contributed by atoms with Gasteiger partial charge in [0.25, 0.3) is 0 Å². The third-order valence-electron chi connectivity index (χ3n) is 2.46. The van der Waals surface area contributed by atoms with E-state index in [0.29, 0.717) is 0 Å². The third kappa shape index (κ3) is 1.97. The quantitative estimate of drug-likeness (QED) is 0.721. The summed E-state index contributed by atoms with van der Waals surface area (Å²) in [4.78, 5) is 0. The highest BCUT2D eigenvalue weighted by Gasteiger charge is 2.03. The lowest BCUT2D eigenvalue weighted by molar-refractivity contribution is 1.47. The van der Waals surface area contributed by atoms with Gasteiger partial charge in [0.15, 0.2) is 0 Å². The van der Waals surface area contributed by atoms with Crippen LogP contribution in [0.5, 0.6) is 0 Å². The first-order valence-electron chi connectivity index (χ1n) is 4.79. The molecular weight excluding hydrogens is 206 g/mol. The molecule has 0 fully saturated rings. The van der Waals surface area contributed by atoms with E-state index in [1.807, 2.05) is 49.4 Å². The summed E-state index contributed by atoms with van der Waals surface area (Å²) in [5.41, 5.74) is 9.83. The van der Waals surface area contributed by atoms with E-state index in [-0.39, 0.29) is 0 Å².